The van der Waals surface area contributed by atoms with Crippen LogP contribution in [0.25, 0.3) is 0 Å². The van der Waals surface area contributed by atoms with Gasteiger partial charge in [0.05, 0.1) is 0 Å². The molecule has 0 spiro atoms. The van der Waals surface area contributed by atoms with Gasteiger partial charge in [0.25, 0.3) is 10.0 Å². The third-order valence-corrected chi connectivity index (χ3v) is 4.68. The van der Waals surface area contributed by atoms with Crippen LogP contribution in [-0.2, 0) is 16.6 Å². The van der Waals surface area contributed by atoms with E-state index >= 15 is 0 Å². The molecule has 0 saturated heterocycles. The van der Waals surface area contributed by atoms with Gasteiger partial charge in [0, 0.05) is 35.2 Å². The van der Waals surface area contributed by atoms with Crippen LogP contribution in [0.1, 0.15) is 25.6 Å². The van der Waals surface area contributed by atoms with Crippen molar-refractivity contribution < 1.29 is 8.42 Å². The molecule has 1 aromatic carbocycles. The molecule has 0 bridgehead atoms. The monoisotopic (exact) mass is 327 g/mol. The third-order valence-electron chi connectivity index (χ3n) is 3.08. The molecule has 1 heterocycles. The maximum atomic E-state index is 12.4. The molecular weight excluding hydrogens is 310 g/mol. The Bertz CT molecular complexity index is 721. The molecule has 21 heavy (non-hydrogen) atoms. The van der Waals surface area contributed by atoms with E-state index in [1.54, 1.807) is 36.5 Å². The number of nitrogens with zero attached hydrogens (tertiary/aromatic N) is 1. The number of halogens is 1. The van der Waals surface area contributed by atoms with Crippen molar-refractivity contribution in [3.63, 3.8) is 0 Å². The molecule has 7 heteroatoms. The molecule has 3 N–H and O–H groups in total. The number of sulfonamides is 1. The molecule has 0 aliphatic heterocycles. The Labute approximate surface area is 129 Å². The average Bonchev–Trinajstić information content (AvgIpc) is 2.86. The van der Waals surface area contributed by atoms with Gasteiger partial charge in [-0.1, -0.05) is 11.6 Å². The highest BCUT2D eigenvalue weighted by Gasteiger charge is 2.19. The second-order valence-electron chi connectivity index (χ2n) is 4.98. The highest BCUT2D eigenvalue weighted by Crippen LogP contribution is 2.22. The molecule has 0 fully saturated rings. The van der Waals surface area contributed by atoms with Gasteiger partial charge in [-0.05, 0) is 44.2 Å². The first-order valence-electron chi connectivity index (χ1n) is 6.52. The molecule has 2 rings (SSSR count). The number of aromatic nitrogens is 1. The largest absolute Gasteiger partial charge is 0.346 e. The molecule has 0 radical (unpaired) electrons. The van der Waals surface area contributed by atoms with E-state index in [0.717, 1.165) is 5.69 Å². The van der Waals surface area contributed by atoms with Crippen LogP contribution >= 0.6 is 11.6 Å². The zero-order chi connectivity index (χ0) is 15.6. The van der Waals surface area contributed by atoms with Crippen molar-refractivity contribution >= 4 is 27.3 Å². The van der Waals surface area contributed by atoms with Gasteiger partial charge >= 0.3 is 0 Å². The third kappa shape index (κ3) is 3.58. The van der Waals surface area contributed by atoms with Crippen LogP contribution in [-0.4, -0.2) is 13.0 Å². The number of hydrogen-bond donors (Lipinski definition) is 2. The van der Waals surface area contributed by atoms with Crippen molar-refractivity contribution in [3.8, 4) is 0 Å². The van der Waals surface area contributed by atoms with Gasteiger partial charge in [-0.3, -0.25) is 4.72 Å². The minimum absolute atomic E-state index is 0.142. The van der Waals surface area contributed by atoms with Crippen LogP contribution in [0.5, 0.6) is 0 Å². The lowest BCUT2D eigenvalue weighted by molar-refractivity contribution is 0.573. The molecule has 2 aromatic rings. The summed E-state index contributed by atoms with van der Waals surface area (Å²) in [5.74, 6) is 0. The molecule has 0 aliphatic carbocycles. The molecular formula is C14H18ClN3O2S. The van der Waals surface area contributed by atoms with Crippen LogP contribution in [0.3, 0.4) is 0 Å². The Hall–Kier alpha value is -1.50. The molecule has 114 valence electrons. The van der Waals surface area contributed by atoms with Gasteiger partial charge in [0.1, 0.15) is 4.90 Å². The molecule has 0 amide bonds. The Morgan fingerprint density at radius 2 is 1.90 bits per heavy atom. The summed E-state index contributed by atoms with van der Waals surface area (Å²) in [6.07, 6.45) is 1.60. The summed E-state index contributed by atoms with van der Waals surface area (Å²) in [5, 5.41) is 0.550. The molecule has 1 aromatic heterocycles. The first-order chi connectivity index (χ1) is 9.83. The summed E-state index contributed by atoms with van der Waals surface area (Å²) < 4.78 is 29.2. The van der Waals surface area contributed by atoms with Crippen LogP contribution in [0, 0.1) is 0 Å². The van der Waals surface area contributed by atoms with Gasteiger partial charge in [-0.25, -0.2) is 8.42 Å². The van der Waals surface area contributed by atoms with Crippen LogP contribution < -0.4 is 10.5 Å². The van der Waals surface area contributed by atoms with Crippen LogP contribution in [0.2, 0.25) is 5.02 Å². The standard InChI is InChI=1S/C14H18ClN3O2S/c1-10(2)18-9-14(7-13(18)8-16)21(19,20)17-12-5-3-11(15)4-6-12/h3-7,9-10,17H,8,16H2,1-2H3. The maximum Gasteiger partial charge on any atom is 0.263 e. The maximum absolute atomic E-state index is 12.4. The lowest BCUT2D eigenvalue weighted by Crippen LogP contribution is -2.12. The summed E-state index contributed by atoms with van der Waals surface area (Å²) in [4.78, 5) is 0.201. The molecule has 0 saturated carbocycles. The van der Waals surface area contributed by atoms with Gasteiger partial charge in [0.15, 0.2) is 0 Å². The van der Waals surface area contributed by atoms with E-state index in [4.69, 9.17) is 17.3 Å². The fourth-order valence-corrected chi connectivity index (χ4v) is 3.25. The normalized spacial score (nSPS) is 11.9. The first kappa shape index (κ1) is 15.9. The van der Waals surface area contributed by atoms with E-state index in [0.29, 0.717) is 10.7 Å². The highest BCUT2D eigenvalue weighted by atomic mass is 35.5. The van der Waals surface area contributed by atoms with E-state index in [-0.39, 0.29) is 17.5 Å². The van der Waals surface area contributed by atoms with E-state index < -0.39 is 10.0 Å². The van der Waals surface area contributed by atoms with Crippen molar-refractivity contribution in [1.29, 1.82) is 0 Å². The second-order valence-corrected chi connectivity index (χ2v) is 7.10. The lowest BCUT2D eigenvalue weighted by atomic mass is 10.3. The van der Waals surface area contributed by atoms with E-state index in [1.165, 1.54) is 0 Å². The first-order valence-corrected chi connectivity index (χ1v) is 8.39. The number of hydrogen-bond acceptors (Lipinski definition) is 3. The Morgan fingerprint density at radius 3 is 2.38 bits per heavy atom. The molecule has 5 nitrogen and oxygen atoms in total. The van der Waals surface area contributed by atoms with Gasteiger partial charge < -0.3 is 10.3 Å². The molecule has 0 unspecified atom stereocenters. The van der Waals surface area contributed by atoms with Crippen molar-refractivity contribution in [2.75, 3.05) is 4.72 Å². The summed E-state index contributed by atoms with van der Waals surface area (Å²) in [7, 11) is -3.64. The minimum Gasteiger partial charge on any atom is -0.346 e. The topological polar surface area (TPSA) is 77.1 Å². The fraction of sp³-hybridized carbons (Fsp3) is 0.286. The Kier molecular flexibility index (Phi) is 4.61. The number of nitrogens with one attached hydrogen (secondary N) is 1. The highest BCUT2D eigenvalue weighted by molar-refractivity contribution is 7.92. The van der Waals surface area contributed by atoms with Crippen molar-refractivity contribution in [3.05, 3.63) is 47.2 Å². The summed E-state index contributed by atoms with van der Waals surface area (Å²) in [6.45, 7) is 4.24. The van der Waals surface area contributed by atoms with Crippen LogP contribution in [0.15, 0.2) is 41.4 Å². The smallest absolute Gasteiger partial charge is 0.263 e. The molecule has 0 atom stereocenters. The van der Waals surface area contributed by atoms with Gasteiger partial charge in [-0.2, -0.15) is 0 Å². The van der Waals surface area contributed by atoms with Crippen molar-refractivity contribution in [2.24, 2.45) is 5.73 Å². The number of anilines is 1. The van der Waals surface area contributed by atoms with Crippen molar-refractivity contribution in [2.45, 2.75) is 31.3 Å². The summed E-state index contributed by atoms with van der Waals surface area (Å²) >= 11 is 5.78. The predicted octanol–water partition coefficient (Wildman–Crippen LogP) is 2.98. The quantitative estimate of drug-likeness (QED) is 0.886. The zero-order valence-corrected chi connectivity index (χ0v) is 13.4. The molecule has 0 aliphatic rings. The second kappa shape index (κ2) is 6.09. The van der Waals surface area contributed by atoms with E-state index in [2.05, 4.69) is 4.72 Å². The number of benzene rings is 1. The van der Waals surface area contributed by atoms with E-state index in [9.17, 15) is 8.42 Å². The zero-order valence-electron chi connectivity index (χ0n) is 11.9. The van der Waals surface area contributed by atoms with E-state index in [1.807, 2.05) is 18.4 Å². The number of nitrogens with two attached hydrogens (primary N) is 1. The number of rotatable bonds is 5. The van der Waals surface area contributed by atoms with Gasteiger partial charge in [-0.15, -0.1) is 0 Å². The summed E-state index contributed by atoms with van der Waals surface area (Å²) in [6, 6.07) is 8.22. The Morgan fingerprint density at radius 1 is 1.29 bits per heavy atom. The summed E-state index contributed by atoms with van der Waals surface area (Å²) in [5.41, 5.74) is 6.91. The SMILES string of the molecule is CC(C)n1cc(S(=O)(=O)Nc2ccc(Cl)cc2)cc1CN. The Balaban J connectivity index is 2.33. The minimum atomic E-state index is -3.64. The fourth-order valence-electron chi connectivity index (χ4n) is 2.02. The van der Waals surface area contributed by atoms with Crippen molar-refractivity contribution in [1.82, 2.24) is 4.57 Å². The average molecular weight is 328 g/mol. The lowest BCUT2D eigenvalue weighted by Gasteiger charge is -2.10. The van der Waals surface area contributed by atoms with Crippen LogP contribution in [0.4, 0.5) is 5.69 Å². The van der Waals surface area contributed by atoms with Gasteiger partial charge in [0.2, 0.25) is 0 Å². The predicted molar refractivity (Wildman–Crippen MR) is 85.0 cm³/mol.